The van der Waals surface area contributed by atoms with E-state index >= 15 is 0 Å². The Morgan fingerprint density at radius 3 is 3.00 bits per heavy atom. The zero-order valence-electron chi connectivity index (χ0n) is 9.98. The molecule has 1 N–H and O–H groups in total. The first kappa shape index (κ1) is 11.7. The maximum Gasteiger partial charge on any atom is 0.175 e. The van der Waals surface area contributed by atoms with E-state index in [1.165, 1.54) is 17.7 Å². The van der Waals surface area contributed by atoms with Gasteiger partial charge in [0.25, 0.3) is 0 Å². The molecule has 94 valence electrons. The van der Waals surface area contributed by atoms with E-state index in [2.05, 4.69) is 24.6 Å². The highest BCUT2D eigenvalue weighted by Crippen LogP contribution is 2.30. The van der Waals surface area contributed by atoms with Crippen LogP contribution in [0, 0.1) is 6.92 Å². The van der Waals surface area contributed by atoms with Crippen LogP contribution in [0.1, 0.15) is 5.56 Å². The van der Waals surface area contributed by atoms with E-state index < -0.39 is 0 Å². The Morgan fingerprint density at radius 2 is 2.16 bits per heavy atom. The fourth-order valence-electron chi connectivity index (χ4n) is 1.53. The summed E-state index contributed by atoms with van der Waals surface area (Å²) in [5.74, 6) is 0.590. The maximum atomic E-state index is 9.39. The molecule has 0 atom stereocenters. The molecule has 0 bridgehead atoms. The second kappa shape index (κ2) is 4.69. The van der Waals surface area contributed by atoms with Crippen LogP contribution in [0.25, 0.3) is 11.0 Å². The molecule has 0 amide bonds. The summed E-state index contributed by atoms with van der Waals surface area (Å²) in [6, 6.07) is 5.40. The van der Waals surface area contributed by atoms with Crippen molar-refractivity contribution in [3.05, 3.63) is 36.2 Å². The van der Waals surface area contributed by atoms with Crippen molar-refractivity contribution in [3.63, 3.8) is 0 Å². The van der Waals surface area contributed by atoms with Gasteiger partial charge in [0.1, 0.15) is 5.75 Å². The molecule has 0 aliphatic carbocycles. The number of hydrogen-bond acceptors (Lipinski definition) is 7. The van der Waals surface area contributed by atoms with E-state index in [-0.39, 0.29) is 5.75 Å². The number of aryl methyl sites for hydroxylation is 1. The van der Waals surface area contributed by atoms with Gasteiger partial charge >= 0.3 is 0 Å². The summed E-state index contributed by atoms with van der Waals surface area (Å²) >= 11 is 1.24. The Balaban J connectivity index is 1.96. The number of rotatable bonds is 2. The molecule has 0 fully saturated rings. The smallest absolute Gasteiger partial charge is 0.175 e. The standard InChI is InChI=1S/C12H9N5OS/c1-7-5-10(14-6-9(7)18)15-16-12-8-3-2-4-13-11(8)17-19-12/h2-6,18H,1H3/b16-15+. The Labute approximate surface area is 112 Å². The van der Waals surface area contributed by atoms with Gasteiger partial charge < -0.3 is 5.11 Å². The fraction of sp³-hybridized carbons (Fsp3) is 0.0833. The van der Waals surface area contributed by atoms with Gasteiger partial charge in [-0.05, 0) is 42.2 Å². The van der Waals surface area contributed by atoms with Crippen LogP contribution in [0.15, 0.2) is 40.8 Å². The summed E-state index contributed by atoms with van der Waals surface area (Å²) in [5.41, 5.74) is 1.37. The van der Waals surface area contributed by atoms with Crippen LogP contribution in [-0.2, 0) is 0 Å². The summed E-state index contributed by atoms with van der Waals surface area (Å²) in [7, 11) is 0. The van der Waals surface area contributed by atoms with Crippen molar-refractivity contribution >= 4 is 33.4 Å². The van der Waals surface area contributed by atoms with Crippen molar-refractivity contribution < 1.29 is 5.11 Å². The molecule has 0 spiro atoms. The molecular weight excluding hydrogens is 262 g/mol. The summed E-state index contributed by atoms with van der Waals surface area (Å²) in [5, 5.41) is 19.1. The zero-order chi connectivity index (χ0) is 13.2. The lowest BCUT2D eigenvalue weighted by molar-refractivity contribution is 0.468. The minimum atomic E-state index is 0.145. The van der Waals surface area contributed by atoms with E-state index in [1.54, 1.807) is 19.2 Å². The third kappa shape index (κ3) is 2.27. The van der Waals surface area contributed by atoms with Crippen LogP contribution in [0.5, 0.6) is 5.75 Å². The molecule has 0 aliphatic heterocycles. The largest absolute Gasteiger partial charge is 0.506 e. The molecule has 6 nitrogen and oxygen atoms in total. The topological polar surface area (TPSA) is 83.6 Å². The first-order valence-electron chi connectivity index (χ1n) is 5.52. The molecule has 0 aromatic carbocycles. The van der Waals surface area contributed by atoms with Gasteiger partial charge in [0.2, 0.25) is 0 Å². The highest BCUT2D eigenvalue weighted by Gasteiger charge is 2.05. The quantitative estimate of drug-likeness (QED) is 0.723. The third-order valence-corrected chi connectivity index (χ3v) is 3.29. The molecular formula is C12H9N5OS. The van der Waals surface area contributed by atoms with Crippen LogP contribution in [0.4, 0.5) is 10.8 Å². The van der Waals surface area contributed by atoms with Crippen molar-refractivity contribution in [2.24, 2.45) is 10.2 Å². The van der Waals surface area contributed by atoms with Gasteiger partial charge in [-0.25, -0.2) is 9.97 Å². The van der Waals surface area contributed by atoms with Crippen molar-refractivity contribution in [2.45, 2.75) is 6.92 Å². The van der Waals surface area contributed by atoms with Gasteiger partial charge in [0, 0.05) is 6.20 Å². The summed E-state index contributed by atoms with van der Waals surface area (Å²) in [6.07, 6.45) is 3.05. The van der Waals surface area contributed by atoms with Gasteiger partial charge in [-0.2, -0.15) is 4.37 Å². The number of pyridine rings is 2. The number of fused-ring (bicyclic) bond motifs is 1. The number of hydrogen-bond donors (Lipinski definition) is 1. The maximum absolute atomic E-state index is 9.39. The van der Waals surface area contributed by atoms with Crippen molar-refractivity contribution in [1.82, 2.24) is 14.3 Å². The average Bonchev–Trinajstić information content (AvgIpc) is 2.83. The first-order valence-corrected chi connectivity index (χ1v) is 6.29. The summed E-state index contributed by atoms with van der Waals surface area (Å²) < 4.78 is 4.18. The predicted octanol–water partition coefficient (Wildman–Crippen LogP) is 3.52. The Kier molecular flexibility index (Phi) is 2.88. The van der Waals surface area contributed by atoms with Gasteiger partial charge in [-0.3, -0.25) is 0 Å². The van der Waals surface area contributed by atoms with E-state index in [4.69, 9.17) is 0 Å². The Morgan fingerprint density at radius 1 is 1.26 bits per heavy atom. The number of aromatic hydroxyl groups is 1. The average molecular weight is 271 g/mol. The van der Waals surface area contributed by atoms with Crippen molar-refractivity contribution in [2.75, 3.05) is 0 Å². The number of nitrogens with zero attached hydrogens (tertiary/aromatic N) is 5. The summed E-state index contributed by atoms with van der Waals surface area (Å²) in [4.78, 5) is 8.11. The summed E-state index contributed by atoms with van der Waals surface area (Å²) in [6.45, 7) is 1.78. The van der Waals surface area contributed by atoms with Gasteiger partial charge in [-0.1, -0.05) is 0 Å². The highest BCUT2D eigenvalue weighted by molar-refractivity contribution is 7.11. The molecule has 19 heavy (non-hydrogen) atoms. The molecule has 3 aromatic rings. The SMILES string of the molecule is Cc1cc(/N=N/c2snc3ncccc23)ncc1O. The highest BCUT2D eigenvalue weighted by atomic mass is 32.1. The van der Waals surface area contributed by atoms with Crippen molar-refractivity contribution in [3.8, 4) is 5.75 Å². The lowest BCUT2D eigenvalue weighted by atomic mass is 10.3. The van der Waals surface area contributed by atoms with Crippen molar-refractivity contribution in [1.29, 1.82) is 0 Å². The van der Waals surface area contributed by atoms with Crippen LogP contribution in [0.3, 0.4) is 0 Å². The molecule has 3 rings (SSSR count). The van der Waals surface area contributed by atoms with E-state index in [9.17, 15) is 5.11 Å². The van der Waals surface area contributed by atoms with Crippen LogP contribution >= 0.6 is 11.5 Å². The monoisotopic (exact) mass is 271 g/mol. The molecule has 0 saturated carbocycles. The zero-order valence-corrected chi connectivity index (χ0v) is 10.8. The van der Waals surface area contributed by atoms with E-state index in [0.717, 1.165) is 5.39 Å². The van der Waals surface area contributed by atoms with E-state index in [1.807, 2.05) is 12.1 Å². The van der Waals surface area contributed by atoms with E-state index in [0.29, 0.717) is 22.0 Å². The van der Waals surface area contributed by atoms with Crippen LogP contribution in [0.2, 0.25) is 0 Å². The number of aromatic nitrogens is 3. The minimum Gasteiger partial charge on any atom is -0.506 e. The Hall–Kier alpha value is -2.41. The van der Waals surface area contributed by atoms with Crippen LogP contribution < -0.4 is 0 Å². The second-order valence-corrected chi connectivity index (χ2v) is 4.64. The molecule has 0 aliphatic rings. The number of azo groups is 1. The van der Waals surface area contributed by atoms with Gasteiger partial charge in [-0.15, -0.1) is 10.2 Å². The molecule has 3 aromatic heterocycles. The normalized spacial score (nSPS) is 11.4. The third-order valence-electron chi connectivity index (χ3n) is 2.55. The predicted molar refractivity (Wildman–Crippen MR) is 72.2 cm³/mol. The molecule has 7 heteroatoms. The fourth-order valence-corrected chi connectivity index (χ4v) is 2.18. The van der Waals surface area contributed by atoms with Crippen LogP contribution in [-0.4, -0.2) is 19.4 Å². The molecule has 3 heterocycles. The molecule has 0 saturated heterocycles. The van der Waals surface area contributed by atoms with Gasteiger partial charge in [0.05, 0.1) is 11.6 Å². The molecule has 0 unspecified atom stereocenters. The molecule has 0 radical (unpaired) electrons. The first-order chi connectivity index (χ1) is 9.24. The van der Waals surface area contributed by atoms with Gasteiger partial charge in [0.15, 0.2) is 16.5 Å². The minimum absolute atomic E-state index is 0.145. The second-order valence-electron chi connectivity index (χ2n) is 3.89. The lowest BCUT2D eigenvalue weighted by Crippen LogP contribution is -1.77. The Bertz CT molecular complexity index is 768. The lowest BCUT2D eigenvalue weighted by Gasteiger charge is -1.97.